The molecule has 0 aromatic heterocycles. The van der Waals surface area contributed by atoms with Gasteiger partial charge in [0.15, 0.2) is 6.10 Å². The molecule has 3 atom stereocenters. The van der Waals surface area contributed by atoms with Crippen LogP contribution in [0.15, 0.2) is 97.2 Å². The first-order valence-corrected chi connectivity index (χ1v) is 21.8. The van der Waals surface area contributed by atoms with Crippen molar-refractivity contribution in [3.8, 4) is 0 Å². The van der Waals surface area contributed by atoms with Gasteiger partial charge in [-0.15, -0.1) is 0 Å². The van der Waals surface area contributed by atoms with Crippen LogP contribution in [0.2, 0.25) is 0 Å². The van der Waals surface area contributed by atoms with Crippen molar-refractivity contribution in [3.63, 3.8) is 0 Å². The number of hydrogen-bond donors (Lipinski definition) is 4. The third-order valence-electron chi connectivity index (χ3n) is 8.02. The van der Waals surface area contributed by atoms with Crippen LogP contribution >= 0.6 is 7.82 Å². The highest BCUT2D eigenvalue weighted by Gasteiger charge is 2.22. The summed E-state index contributed by atoms with van der Waals surface area (Å²) in [6.07, 6.45) is 44.8. The minimum atomic E-state index is -4.81. The number of allylic oxidation sites excluding steroid dienone is 12. The number of phosphoric ester groups is 1. The first-order chi connectivity index (χ1) is 26.6. The molecule has 0 aliphatic rings. The second-order valence-electron chi connectivity index (χ2n) is 13.3. The normalized spacial score (nSPS) is 14.7. The molecule has 0 rings (SSSR count). The molecular formula is C44H71O10P. The van der Waals surface area contributed by atoms with E-state index in [9.17, 15) is 24.4 Å². The molecule has 0 aliphatic heterocycles. The minimum absolute atomic E-state index is 0.0223. The van der Waals surface area contributed by atoms with E-state index in [4.69, 9.17) is 19.3 Å². The van der Waals surface area contributed by atoms with Crippen LogP contribution in [0.4, 0.5) is 0 Å². The number of carbonyl (C=O) groups excluding carboxylic acids is 2. The van der Waals surface area contributed by atoms with E-state index in [1.807, 2.05) is 43.4 Å². The Morgan fingerprint density at radius 2 is 1.11 bits per heavy atom. The predicted molar refractivity (Wildman–Crippen MR) is 223 cm³/mol. The largest absolute Gasteiger partial charge is 0.469 e. The fraction of sp³-hybridized carbons (Fsp3) is 0.591. The summed E-state index contributed by atoms with van der Waals surface area (Å²) in [4.78, 5) is 42.8. The van der Waals surface area contributed by atoms with Crippen LogP contribution in [0, 0.1) is 0 Å². The molecule has 10 nitrogen and oxygen atoms in total. The van der Waals surface area contributed by atoms with Crippen LogP contribution in [-0.2, 0) is 28.2 Å². The van der Waals surface area contributed by atoms with Crippen molar-refractivity contribution in [1.82, 2.24) is 0 Å². The van der Waals surface area contributed by atoms with Gasteiger partial charge in [0.1, 0.15) is 6.61 Å². The Kier molecular flexibility index (Phi) is 35.7. The number of carbonyl (C=O) groups is 2. The lowest BCUT2D eigenvalue weighted by Crippen LogP contribution is -2.29. The SMILES string of the molecule is CC/C=C\C[C@H](O)/C=C/C=C\C=C\[C@H](O)C/C=C\C/C=C\CCC(=O)O[C@H](COC(=O)CCCCCCCC/C=C\C/C=C\CCCCC)COP(=O)(O)O. The Morgan fingerprint density at radius 3 is 1.69 bits per heavy atom. The number of ether oxygens (including phenoxy) is 2. The fourth-order valence-electron chi connectivity index (χ4n) is 4.96. The molecule has 0 bridgehead atoms. The lowest BCUT2D eigenvalue weighted by Gasteiger charge is -2.18. The van der Waals surface area contributed by atoms with Gasteiger partial charge in [0, 0.05) is 12.8 Å². The van der Waals surface area contributed by atoms with Crippen molar-refractivity contribution in [1.29, 1.82) is 0 Å². The molecule has 0 saturated carbocycles. The molecule has 4 N–H and O–H groups in total. The maximum atomic E-state index is 12.4. The zero-order chi connectivity index (χ0) is 40.7. The van der Waals surface area contributed by atoms with Gasteiger partial charge in [-0.2, -0.15) is 0 Å². The summed E-state index contributed by atoms with van der Waals surface area (Å²) in [5.74, 6) is -1.07. The van der Waals surface area contributed by atoms with E-state index < -0.39 is 44.7 Å². The molecule has 0 aliphatic carbocycles. The third-order valence-corrected chi connectivity index (χ3v) is 8.50. The summed E-state index contributed by atoms with van der Waals surface area (Å²) in [6, 6.07) is 0. The second kappa shape index (κ2) is 37.8. The Labute approximate surface area is 331 Å². The maximum Gasteiger partial charge on any atom is 0.469 e. The number of aliphatic hydroxyl groups is 2. The number of unbranched alkanes of at least 4 members (excludes halogenated alkanes) is 9. The molecule has 0 spiro atoms. The molecule has 0 aromatic rings. The highest BCUT2D eigenvalue weighted by Crippen LogP contribution is 2.36. The third kappa shape index (κ3) is 40.4. The summed E-state index contributed by atoms with van der Waals surface area (Å²) in [7, 11) is -4.81. The van der Waals surface area contributed by atoms with Crippen molar-refractivity contribution >= 4 is 19.8 Å². The number of aliphatic hydroxyl groups excluding tert-OH is 2. The van der Waals surface area contributed by atoms with Crippen molar-refractivity contribution < 1.29 is 48.2 Å². The molecule has 312 valence electrons. The van der Waals surface area contributed by atoms with E-state index >= 15 is 0 Å². The molecular weight excluding hydrogens is 719 g/mol. The number of rotatable bonds is 35. The Hall–Kier alpha value is -3.11. The van der Waals surface area contributed by atoms with Gasteiger partial charge in [-0.3, -0.25) is 14.1 Å². The highest BCUT2D eigenvalue weighted by atomic mass is 31.2. The Bertz CT molecular complexity index is 1240. The first-order valence-electron chi connectivity index (χ1n) is 20.2. The van der Waals surface area contributed by atoms with Crippen LogP contribution in [-0.4, -0.2) is 63.5 Å². The summed E-state index contributed by atoms with van der Waals surface area (Å²) in [5.41, 5.74) is 0. The molecule has 55 heavy (non-hydrogen) atoms. The van der Waals surface area contributed by atoms with Gasteiger partial charge in [-0.1, -0.05) is 150 Å². The van der Waals surface area contributed by atoms with Crippen molar-refractivity contribution in [2.75, 3.05) is 13.2 Å². The van der Waals surface area contributed by atoms with E-state index in [1.165, 1.54) is 25.7 Å². The molecule has 0 heterocycles. The van der Waals surface area contributed by atoms with Crippen LogP contribution < -0.4 is 0 Å². The average Bonchev–Trinajstić information content (AvgIpc) is 3.14. The molecule has 11 heteroatoms. The van der Waals surface area contributed by atoms with E-state index in [1.54, 1.807) is 36.5 Å². The first kappa shape index (κ1) is 51.9. The molecule has 0 radical (unpaired) electrons. The monoisotopic (exact) mass is 790 g/mol. The zero-order valence-electron chi connectivity index (χ0n) is 33.5. The van der Waals surface area contributed by atoms with Gasteiger partial charge in [0.05, 0.1) is 18.8 Å². The number of phosphoric acid groups is 1. The number of hydrogen-bond acceptors (Lipinski definition) is 8. The van der Waals surface area contributed by atoms with Gasteiger partial charge in [-0.05, 0) is 70.6 Å². The lowest BCUT2D eigenvalue weighted by molar-refractivity contribution is -0.161. The summed E-state index contributed by atoms with van der Waals surface area (Å²) >= 11 is 0. The van der Waals surface area contributed by atoms with Crippen molar-refractivity contribution in [3.05, 3.63) is 97.2 Å². The molecule has 0 saturated heterocycles. The minimum Gasteiger partial charge on any atom is -0.462 e. The van der Waals surface area contributed by atoms with Crippen LogP contribution in [0.1, 0.15) is 136 Å². The Morgan fingerprint density at radius 1 is 0.582 bits per heavy atom. The van der Waals surface area contributed by atoms with Crippen molar-refractivity contribution in [2.45, 2.75) is 154 Å². The lowest BCUT2D eigenvalue weighted by atomic mass is 10.1. The predicted octanol–water partition coefficient (Wildman–Crippen LogP) is 10.2. The van der Waals surface area contributed by atoms with E-state index in [0.29, 0.717) is 32.1 Å². The van der Waals surface area contributed by atoms with E-state index in [0.717, 1.165) is 51.4 Å². The molecule has 0 aromatic carbocycles. The summed E-state index contributed by atoms with van der Waals surface area (Å²) < 4.78 is 26.2. The van der Waals surface area contributed by atoms with E-state index in [2.05, 4.69) is 35.8 Å². The van der Waals surface area contributed by atoms with E-state index in [-0.39, 0.29) is 19.4 Å². The standard InChI is InChI=1S/C44H71O10P/c1-3-5-7-8-9-10-11-12-13-14-15-16-17-18-22-30-36-43(47)52-38-42(39-53-55(49,50)51)54-44(48)37-31-23-20-19-21-27-33-41(46)35-29-25-24-28-34-40(45)32-26-6-4-2/h6,9-10,12-13,20-21,23-29,34-35,40-42,45-46H,3-5,7-8,11,14-19,22,30-33,36-39H2,1-2H3,(H2,49,50,51)/b10-9-,13-12-,23-20-,25-24-,26-6-,27-21-,34-28+,35-29+/t40-,41+,42+/m0/s1. The fourth-order valence-corrected chi connectivity index (χ4v) is 5.32. The molecule has 0 unspecified atom stereocenters. The number of esters is 2. The quantitative estimate of drug-likeness (QED) is 0.0160. The molecule has 0 fully saturated rings. The highest BCUT2D eigenvalue weighted by molar-refractivity contribution is 7.46. The van der Waals surface area contributed by atoms with Crippen molar-refractivity contribution in [2.24, 2.45) is 0 Å². The van der Waals surface area contributed by atoms with Gasteiger partial charge >= 0.3 is 19.8 Å². The van der Waals surface area contributed by atoms with Crippen LogP contribution in [0.3, 0.4) is 0 Å². The smallest absolute Gasteiger partial charge is 0.462 e. The van der Waals surface area contributed by atoms with Gasteiger partial charge in [0.25, 0.3) is 0 Å². The van der Waals surface area contributed by atoms with Gasteiger partial charge in [-0.25, -0.2) is 4.57 Å². The Balaban J connectivity index is 4.24. The maximum absolute atomic E-state index is 12.4. The summed E-state index contributed by atoms with van der Waals surface area (Å²) in [6.45, 7) is 3.30. The second-order valence-corrected chi connectivity index (χ2v) is 14.5. The summed E-state index contributed by atoms with van der Waals surface area (Å²) in [5, 5.41) is 19.9. The van der Waals surface area contributed by atoms with Gasteiger partial charge < -0.3 is 29.5 Å². The average molecular weight is 791 g/mol. The topological polar surface area (TPSA) is 160 Å². The molecule has 0 amide bonds. The van der Waals surface area contributed by atoms with Gasteiger partial charge in [0.2, 0.25) is 0 Å². The van der Waals surface area contributed by atoms with Crippen LogP contribution in [0.5, 0.6) is 0 Å². The zero-order valence-corrected chi connectivity index (χ0v) is 34.4. The van der Waals surface area contributed by atoms with Crippen LogP contribution in [0.25, 0.3) is 0 Å².